The Labute approximate surface area is 123 Å². The van der Waals surface area contributed by atoms with Crippen LogP contribution in [0.4, 0.5) is 10.7 Å². The molecule has 102 valence electrons. The molecule has 20 heavy (non-hydrogen) atoms. The number of rotatable bonds is 4. The summed E-state index contributed by atoms with van der Waals surface area (Å²) in [5.74, 6) is 0.549. The zero-order valence-electron chi connectivity index (χ0n) is 11.4. The molecule has 0 radical (unpaired) electrons. The second-order valence-corrected chi connectivity index (χ2v) is 6.27. The molecule has 0 amide bonds. The van der Waals surface area contributed by atoms with Crippen molar-refractivity contribution in [1.82, 2.24) is 0 Å². The fraction of sp³-hybridized carbons (Fsp3) is 0.312. The van der Waals surface area contributed by atoms with Gasteiger partial charge in [-0.1, -0.05) is 24.3 Å². The third kappa shape index (κ3) is 2.37. The number of hydrogen-bond acceptors (Lipinski definition) is 4. The van der Waals surface area contributed by atoms with Crippen molar-refractivity contribution in [3.05, 3.63) is 45.8 Å². The zero-order valence-corrected chi connectivity index (χ0v) is 12.3. The largest absolute Gasteiger partial charge is 0.397 e. The van der Waals surface area contributed by atoms with Crippen LogP contribution in [-0.4, -0.2) is 0 Å². The zero-order chi connectivity index (χ0) is 14.1. The van der Waals surface area contributed by atoms with E-state index in [1.165, 1.54) is 40.9 Å². The Balaban J connectivity index is 1.84. The first-order chi connectivity index (χ1) is 9.70. The van der Waals surface area contributed by atoms with Gasteiger partial charge in [0.25, 0.3) is 0 Å². The molecular weight excluding hydrogens is 266 g/mol. The number of benzene rings is 1. The highest BCUT2D eigenvalue weighted by atomic mass is 32.1. The van der Waals surface area contributed by atoms with Gasteiger partial charge in [0.15, 0.2) is 0 Å². The SMILES string of the molecule is Cc1ccccc1CNc1sc(C#N)c(N)c1C1CC1. The van der Waals surface area contributed by atoms with Crippen molar-refractivity contribution in [2.45, 2.75) is 32.2 Å². The average molecular weight is 283 g/mol. The van der Waals surface area contributed by atoms with Gasteiger partial charge in [0, 0.05) is 12.1 Å². The second-order valence-electron chi connectivity index (χ2n) is 5.25. The van der Waals surface area contributed by atoms with Crippen LogP contribution in [0.3, 0.4) is 0 Å². The van der Waals surface area contributed by atoms with E-state index < -0.39 is 0 Å². The van der Waals surface area contributed by atoms with Gasteiger partial charge in [0.1, 0.15) is 10.9 Å². The van der Waals surface area contributed by atoms with Crippen LogP contribution < -0.4 is 11.1 Å². The summed E-state index contributed by atoms with van der Waals surface area (Å²) in [6.07, 6.45) is 2.37. The molecule has 1 fully saturated rings. The summed E-state index contributed by atoms with van der Waals surface area (Å²) in [4.78, 5) is 0.638. The van der Waals surface area contributed by atoms with Gasteiger partial charge < -0.3 is 11.1 Å². The van der Waals surface area contributed by atoms with Crippen LogP contribution in [-0.2, 0) is 6.54 Å². The average Bonchev–Trinajstić information content (AvgIpc) is 3.23. The molecule has 3 N–H and O–H groups in total. The summed E-state index contributed by atoms with van der Waals surface area (Å²) >= 11 is 1.48. The lowest BCUT2D eigenvalue weighted by Crippen LogP contribution is -2.02. The Bertz CT molecular complexity index is 678. The summed E-state index contributed by atoms with van der Waals surface area (Å²) in [6.45, 7) is 2.89. The molecule has 1 heterocycles. The molecule has 0 spiro atoms. The monoisotopic (exact) mass is 283 g/mol. The molecule has 1 aromatic heterocycles. The number of nitriles is 1. The number of nitrogens with one attached hydrogen (secondary N) is 1. The fourth-order valence-electron chi connectivity index (χ4n) is 2.43. The third-order valence-electron chi connectivity index (χ3n) is 3.77. The van der Waals surface area contributed by atoms with Crippen LogP contribution >= 0.6 is 11.3 Å². The molecule has 0 aliphatic heterocycles. The minimum absolute atomic E-state index is 0.549. The summed E-state index contributed by atoms with van der Waals surface area (Å²) in [5, 5.41) is 13.7. The smallest absolute Gasteiger partial charge is 0.130 e. The number of aryl methyl sites for hydroxylation is 1. The van der Waals surface area contributed by atoms with E-state index in [4.69, 9.17) is 11.0 Å². The van der Waals surface area contributed by atoms with Gasteiger partial charge in [-0.05, 0) is 36.8 Å². The van der Waals surface area contributed by atoms with Gasteiger partial charge >= 0.3 is 0 Å². The predicted molar refractivity (Wildman–Crippen MR) is 83.9 cm³/mol. The van der Waals surface area contributed by atoms with Crippen molar-refractivity contribution in [2.75, 3.05) is 11.1 Å². The molecule has 0 unspecified atom stereocenters. The van der Waals surface area contributed by atoms with E-state index in [9.17, 15) is 0 Å². The van der Waals surface area contributed by atoms with Gasteiger partial charge in [-0.25, -0.2) is 0 Å². The molecule has 1 saturated carbocycles. The number of nitrogen functional groups attached to an aromatic ring is 1. The Morgan fingerprint density at radius 1 is 1.40 bits per heavy atom. The highest BCUT2D eigenvalue weighted by molar-refractivity contribution is 7.17. The number of nitrogens with zero attached hydrogens (tertiary/aromatic N) is 1. The molecule has 1 aromatic carbocycles. The van der Waals surface area contributed by atoms with Crippen LogP contribution in [0.1, 0.15) is 40.3 Å². The van der Waals surface area contributed by atoms with Crippen molar-refractivity contribution in [1.29, 1.82) is 5.26 Å². The van der Waals surface area contributed by atoms with Gasteiger partial charge in [-0.15, -0.1) is 11.3 Å². The lowest BCUT2D eigenvalue weighted by molar-refractivity contribution is 1.09. The molecule has 0 atom stereocenters. The number of nitrogens with two attached hydrogens (primary N) is 1. The van der Waals surface area contributed by atoms with Crippen LogP contribution in [0.5, 0.6) is 0 Å². The minimum atomic E-state index is 0.549. The van der Waals surface area contributed by atoms with Crippen molar-refractivity contribution >= 4 is 22.0 Å². The van der Waals surface area contributed by atoms with E-state index >= 15 is 0 Å². The first kappa shape index (κ1) is 13.0. The Morgan fingerprint density at radius 2 is 2.15 bits per heavy atom. The Morgan fingerprint density at radius 3 is 2.80 bits per heavy atom. The summed E-state index contributed by atoms with van der Waals surface area (Å²) < 4.78 is 0. The molecule has 0 bridgehead atoms. The van der Waals surface area contributed by atoms with Crippen molar-refractivity contribution < 1.29 is 0 Å². The van der Waals surface area contributed by atoms with E-state index in [2.05, 4.69) is 36.5 Å². The van der Waals surface area contributed by atoms with Gasteiger partial charge in [-0.3, -0.25) is 0 Å². The van der Waals surface area contributed by atoms with Crippen molar-refractivity contribution in [3.63, 3.8) is 0 Å². The predicted octanol–water partition coefficient (Wildman–Crippen LogP) is 4.00. The summed E-state index contributed by atoms with van der Waals surface area (Å²) in [5.41, 5.74) is 10.5. The molecule has 3 nitrogen and oxygen atoms in total. The van der Waals surface area contributed by atoms with Crippen LogP contribution in [0.25, 0.3) is 0 Å². The Hall–Kier alpha value is -1.99. The van der Waals surface area contributed by atoms with Gasteiger partial charge in [-0.2, -0.15) is 5.26 Å². The molecule has 1 aliphatic rings. The lowest BCUT2D eigenvalue weighted by atomic mass is 10.1. The lowest BCUT2D eigenvalue weighted by Gasteiger charge is -2.09. The second kappa shape index (κ2) is 5.18. The standard InChI is InChI=1S/C16H17N3S/c1-10-4-2-3-5-12(10)9-19-16-14(11-6-7-11)15(18)13(8-17)20-16/h2-5,11,19H,6-7,9,18H2,1H3. The third-order valence-corrected chi connectivity index (χ3v) is 4.86. The quantitative estimate of drug-likeness (QED) is 0.891. The number of anilines is 2. The highest BCUT2D eigenvalue weighted by Crippen LogP contribution is 2.50. The van der Waals surface area contributed by atoms with Crippen molar-refractivity contribution in [2.24, 2.45) is 0 Å². The van der Waals surface area contributed by atoms with E-state index in [-0.39, 0.29) is 0 Å². The maximum absolute atomic E-state index is 9.14. The normalized spacial score (nSPS) is 14.0. The fourth-order valence-corrected chi connectivity index (χ4v) is 3.43. The maximum Gasteiger partial charge on any atom is 0.130 e. The number of hydrogen-bond donors (Lipinski definition) is 2. The van der Waals surface area contributed by atoms with E-state index in [1.807, 2.05) is 6.07 Å². The van der Waals surface area contributed by atoms with Crippen LogP contribution in [0.15, 0.2) is 24.3 Å². The van der Waals surface area contributed by atoms with Gasteiger partial charge in [0.05, 0.1) is 10.7 Å². The first-order valence-corrected chi connectivity index (χ1v) is 7.63. The molecule has 4 heteroatoms. The molecule has 2 aromatic rings. The van der Waals surface area contributed by atoms with E-state index in [1.54, 1.807) is 0 Å². The van der Waals surface area contributed by atoms with Gasteiger partial charge in [0.2, 0.25) is 0 Å². The topological polar surface area (TPSA) is 61.8 Å². The van der Waals surface area contributed by atoms with E-state index in [0.717, 1.165) is 11.5 Å². The summed E-state index contributed by atoms with van der Waals surface area (Å²) in [6, 6.07) is 10.5. The first-order valence-electron chi connectivity index (χ1n) is 6.81. The Kier molecular flexibility index (Phi) is 3.37. The molecule has 3 rings (SSSR count). The maximum atomic E-state index is 9.14. The van der Waals surface area contributed by atoms with Crippen LogP contribution in [0.2, 0.25) is 0 Å². The van der Waals surface area contributed by atoms with Crippen molar-refractivity contribution in [3.8, 4) is 6.07 Å². The minimum Gasteiger partial charge on any atom is -0.397 e. The molecular formula is C16H17N3S. The summed E-state index contributed by atoms with van der Waals surface area (Å²) in [7, 11) is 0. The molecule has 1 aliphatic carbocycles. The van der Waals surface area contributed by atoms with Crippen LogP contribution in [0, 0.1) is 18.3 Å². The van der Waals surface area contributed by atoms with E-state index in [0.29, 0.717) is 16.5 Å². The highest BCUT2D eigenvalue weighted by Gasteiger charge is 2.31. The number of thiophene rings is 1. The molecule has 0 saturated heterocycles.